The number of piperidine rings is 1. The zero-order valence-corrected chi connectivity index (χ0v) is 18.3. The number of nitriles is 1. The minimum atomic E-state index is -4.60. The van der Waals surface area contributed by atoms with E-state index < -0.39 is 41.7 Å². The number of aliphatic carboxylic acids is 2. The lowest BCUT2D eigenvalue weighted by Crippen LogP contribution is -2.46. The molecule has 9 nitrogen and oxygen atoms in total. The summed E-state index contributed by atoms with van der Waals surface area (Å²) in [7, 11) is 0. The van der Waals surface area contributed by atoms with Crippen molar-refractivity contribution in [2.75, 3.05) is 13.1 Å². The van der Waals surface area contributed by atoms with Crippen LogP contribution in [0.25, 0.3) is 0 Å². The molecule has 13 heteroatoms. The van der Waals surface area contributed by atoms with Crippen molar-refractivity contribution in [3.05, 3.63) is 35.1 Å². The van der Waals surface area contributed by atoms with Gasteiger partial charge in [-0.15, -0.1) is 0 Å². The maximum Gasteiger partial charge on any atom is 0.416 e. The number of hydrogen-bond donors (Lipinski definition) is 5. The molecule has 1 unspecified atom stereocenters. The SMILES string of the molecule is CC(CC#N)N(Cc1ccc(F)cc1C(F)(F)F)C1CCNCC1.O=C(O)[C@H](O)[C@@H](O)C(=O)O. The zero-order valence-electron chi connectivity index (χ0n) is 18.3. The largest absolute Gasteiger partial charge is 0.479 e. The van der Waals surface area contributed by atoms with Crippen LogP contribution in [-0.4, -0.2) is 74.6 Å². The van der Waals surface area contributed by atoms with Gasteiger partial charge in [-0.2, -0.15) is 18.4 Å². The third kappa shape index (κ3) is 8.86. The number of halogens is 4. The number of nitrogens with zero attached hydrogens (tertiary/aromatic N) is 2. The van der Waals surface area contributed by atoms with Crippen molar-refractivity contribution >= 4 is 11.9 Å². The molecule has 1 aromatic rings. The smallest absolute Gasteiger partial charge is 0.416 e. The molecule has 1 heterocycles. The van der Waals surface area contributed by atoms with Gasteiger partial charge in [0.15, 0.2) is 12.2 Å². The molecule has 2 rings (SSSR count). The van der Waals surface area contributed by atoms with Crippen LogP contribution >= 0.6 is 0 Å². The van der Waals surface area contributed by atoms with E-state index in [0.29, 0.717) is 6.07 Å². The molecule has 0 spiro atoms. The fourth-order valence-electron chi connectivity index (χ4n) is 3.45. The van der Waals surface area contributed by atoms with E-state index in [1.165, 1.54) is 6.07 Å². The highest BCUT2D eigenvalue weighted by Gasteiger charge is 2.35. The van der Waals surface area contributed by atoms with Crippen LogP contribution < -0.4 is 5.32 Å². The first-order valence-corrected chi connectivity index (χ1v) is 10.3. The Morgan fingerprint density at radius 2 is 1.71 bits per heavy atom. The van der Waals surface area contributed by atoms with Crippen LogP contribution in [0.2, 0.25) is 0 Å². The van der Waals surface area contributed by atoms with Crippen LogP contribution in [0.4, 0.5) is 17.6 Å². The van der Waals surface area contributed by atoms with Gasteiger partial charge in [0, 0.05) is 18.6 Å². The summed E-state index contributed by atoms with van der Waals surface area (Å²) in [6.45, 7) is 3.51. The van der Waals surface area contributed by atoms with E-state index in [1.807, 2.05) is 11.8 Å². The highest BCUT2D eigenvalue weighted by atomic mass is 19.4. The number of aliphatic hydroxyl groups excluding tert-OH is 2. The average Bonchev–Trinajstić information content (AvgIpc) is 2.77. The summed E-state index contributed by atoms with van der Waals surface area (Å²) in [5.74, 6) is -4.44. The molecule has 0 aliphatic carbocycles. The second-order valence-corrected chi connectivity index (χ2v) is 7.73. The lowest BCUT2D eigenvalue weighted by molar-refractivity contribution is -0.165. The predicted octanol–water partition coefficient (Wildman–Crippen LogP) is 1.58. The van der Waals surface area contributed by atoms with Gasteiger partial charge in [0.05, 0.1) is 18.1 Å². The number of carboxylic acids is 2. The highest BCUT2D eigenvalue weighted by molar-refractivity contribution is 5.83. The van der Waals surface area contributed by atoms with Gasteiger partial charge in [-0.1, -0.05) is 6.07 Å². The van der Waals surface area contributed by atoms with Crippen LogP contribution in [0.5, 0.6) is 0 Å². The lowest BCUT2D eigenvalue weighted by Gasteiger charge is -2.38. The van der Waals surface area contributed by atoms with E-state index in [-0.39, 0.29) is 30.6 Å². The van der Waals surface area contributed by atoms with Crippen molar-refractivity contribution < 1.29 is 47.6 Å². The molecule has 190 valence electrons. The summed E-state index contributed by atoms with van der Waals surface area (Å²) in [6, 6.07) is 4.84. The van der Waals surface area contributed by atoms with Crippen molar-refractivity contribution in [1.29, 1.82) is 5.26 Å². The molecule has 0 amide bonds. The normalized spacial score (nSPS) is 17.1. The number of carboxylic acid groups (broad SMARTS) is 2. The highest BCUT2D eigenvalue weighted by Crippen LogP contribution is 2.34. The summed E-state index contributed by atoms with van der Waals surface area (Å²) in [6.07, 6.45) is -7.26. The van der Waals surface area contributed by atoms with Crippen LogP contribution in [0.1, 0.15) is 37.3 Å². The molecular weight excluding hydrogens is 466 g/mol. The standard InChI is InChI=1S/C17H21F4N3.C4H6O6/c1-12(4-7-22)24(15-5-8-23-9-6-15)11-13-2-3-14(18)10-16(13)17(19,20)21;5-1(3(7)8)2(6)4(9)10/h2-3,10,12,15,23H,4-6,8-9,11H2,1H3;1-2,5-6H,(H,7,8)(H,9,10)/t;1-,2-/m.1/s1. The van der Waals surface area contributed by atoms with Crippen LogP contribution in [0, 0.1) is 17.1 Å². The Hall–Kier alpha value is -2.79. The molecule has 1 aromatic carbocycles. The van der Waals surface area contributed by atoms with Crippen LogP contribution in [0.15, 0.2) is 18.2 Å². The summed E-state index contributed by atoms with van der Waals surface area (Å²) < 4.78 is 53.0. The molecule has 1 aliphatic heterocycles. The number of rotatable bonds is 8. The van der Waals surface area contributed by atoms with E-state index >= 15 is 0 Å². The number of benzene rings is 1. The van der Waals surface area contributed by atoms with E-state index in [0.717, 1.165) is 32.0 Å². The van der Waals surface area contributed by atoms with Gasteiger partial charge in [-0.3, -0.25) is 4.90 Å². The maximum atomic E-state index is 13.3. The first-order chi connectivity index (χ1) is 15.8. The Bertz CT molecular complexity index is 853. The van der Waals surface area contributed by atoms with Gasteiger partial charge in [0.2, 0.25) is 0 Å². The van der Waals surface area contributed by atoms with Crippen molar-refractivity contribution in [2.24, 2.45) is 0 Å². The van der Waals surface area contributed by atoms with Gasteiger partial charge < -0.3 is 25.7 Å². The van der Waals surface area contributed by atoms with Crippen molar-refractivity contribution in [1.82, 2.24) is 10.2 Å². The monoisotopic (exact) mass is 493 g/mol. The number of alkyl halides is 3. The fourth-order valence-corrected chi connectivity index (χ4v) is 3.45. The molecule has 1 aliphatic rings. The van der Waals surface area contributed by atoms with Crippen molar-refractivity contribution in [3.63, 3.8) is 0 Å². The molecule has 34 heavy (non-hydrogen) atoms. The van der Waals surface area contributed by atoms with Gasteiger partial charge in [0.25, 0.3) is 0 Å². The number of nitrogens with one attached hydrogen (secondary N) is 1. The Labute approximate surface area is 193 Å². The summed E-state index contributed by atoms with van der Waals surface area (Å²) in [5.41, 5.74) is -0.891. The van der Waals surface area contributed by atoms with Gasteiger partial charge in [-0.05, 0) is 50.6 Å². The quantitative estimate of drug-likeness (QED) is 0.340. The predicted molar refractivity (Wildman–Crippen MR) is 110 cm³/mol. The molecule has 0 saturated carbocycles. The Morgan fingerprint density at radius 3 is 2.15 bits per heavy atom. The Balaban J connectivity index is 0.000000489. The van der Waals surface area contributed by atoms with Crippen molar-refractivity contribution in [3.8, 4) is 6.07 Å². The molecular formula is C21H27F4N3O6. The second kappa shape index (κ2) is 13.2. The third-order valence-corrected chi connectivity index (χ3v) is 5.27. The van der Waals surface area contributed by atoms with E-state index in [4.69, 9.17) is 25.7 Å². The molecule has 1 fully saturated rings. The van der Waals surface area contributed by atoms with Gasteiger partial charge in [0.1, 0.15) is 5.82 Å². The number of aliphatic hydroxyl groups is 2. The Kier molecular flexibility index (Phi) is 11.3. The van der Waals surface area contributed by atoms with Crippen molar-refractivity contribution in [2.45, 2.75) is 63.2 Å². The van der Waals surface area contributed by atoms with E-state index in [1.54, 1.807) is 0 Å². The molecule has 0 bridgehead atoms. The second-order valence-electron chi connectivity index (χ2n) is 7.73. The lowest BCUT2D eigenvalue weighted by atomic mass is 9.99. The van der Waals surface area contributed by atoms with E-state index in [2.05, 4.69) is 11.4 Å². The average molecular weight is 493 g/mol. The molecule has 1 saturated heterocycles. The molecule has 3 atom stereocenters. The molecule has 5 N–H and O–H groups in total. The third-order valence-electron chi connectivity index (χ3n) is 5.27. The summed E-state index contributed by atoms with van der Waals surface area (Å²) in [4.78, 5) is 21.5. The number of carbonyl (C=O) groups is 2. The number of hydrogen-bond acceptors (Lipinski definition) is 7. The van der Waals surface area contributed by atoms with Crippen LogP contribution in [0.3, 0.4) is 0 Å². The van der Waals surface area contributed by atoms with E-state index in [9.17, 15) is 27.2 Å². The minimum Gasteiger partial charge on any atom is -0.479 e. The first kappa shape index (κ1) is 29.2. The topological polar surface area (TPSA) is 154 Å². The van der Waals surface area contributed by atoms with Gasteiger partial charge >= 0.3 is 18.1 Å². The van der Waals surface area contributed by atoms with Crippen LogP contribution in [-0.2, 0) is 22.3 Å². The fraction of sp³-hybridized carbons (Fsp3) is 0.571. The summed E-state index contributed by atoms with van der Waals surface area (Å²) >= 11 is 0. The zero-order chi connectivity index (χ0) is 26.1. The summed E-state index contributed by atoms with van der Waals surface area (Å²) in [5, 5.41) is 44.7. The molecule has 0 aromatic heterocycles. The minimum absolute atomic E-state index is 0.0484. The van der Waals surface area contributed by atoms with Gasteiger partial charge in [-0.25, -0.2) is 14.0 Å². The first-order valence-electron chi connectivity index (χ1n) is 10.3. The maximum absolute atomic E-state index is 13.3. The molecule has 0 radical (unpaired) electrons. The Morgan fingerprint density at radius 1 is 1.18 bits per heavy atom.